The minimum absolute atomic E-state index is 0.0127. The Morgan fingerprint density at radius 1 is 1.58 bits per heavy atom. The first-order chi connectivity index (χ1) is 5.61. The van der Waals surface area contributed by atoms with E-state index in [1.165, 1.54) is 6.08 Å². The van der Waals surface area contributed by atoms with E-state index in [2.05, 4.69) is 5.32 Å². The minimum atomic E-state index is -0.106. The van der Waals surface area contributed by atoms with Crippen molar-refractivity contribution >= 4 is 5.91 Å². The number of nitrogens with one attached hydrogen (secondary N) is 1. The average Bonchev–Trinajstić information content (AvgIpc) is 2.03. The van der Waals surface area contributed by atoms with Crippen molar-refractivity contribution in [1.29, 1.82) is 0 Å². The van der Waals surface area contributed by atoms with Crippen molar-refractivity contribution in [2.75, 3.05) is 6.61 Å². The molecule has 0 radical (unpaired) electrons. The minimum Gasteiger partial charge on any atom is -0.396 e. The number of hydrogen-bond donors (Lipinski definition) is 2. The molecule has 2 atom stereocenters. The number of aliphatic hydroxyl groups is 1. The molecule has 1 amide bonds. The highest BCUT2D eigenvalue weighted by atomic mass is 16.3. The summed E-state index contributed by atoms with van der Waals surface area (Å²) in [6, 6.07) is 0.0127. The monoisotopic (exact) mass is 171 g/mol. The van der Waals surface area contributed by atoms with Gasteiger partial charge in [0, 0.05) is 12.6 Å². The third kappa shape index (κ3) is 4.13. The van der Waals surface area contributed by atoms with Crippen molar-refractivity contribution in [3.05, 3.63) is 12.2 Å². The van der Waals surface area contributed by atoms with Gasteiger partial charge in [-0.15, -0.1) is 0 Å². The Bertz CT molecular complexity index is 166. The molecular weight excluding hydrogens is 154 g/mol. The van der Waals surface area contributed by atoms with Gasteiger partial charge in [-0.2, -0.15) is 0 Å². The van der Waals surface area contributed by atoms with E-state index in [1.807, 2.05) is 13.8 Å². The maximum Gasteiger partial charge on any atom is 0.243 e. The molecule has 2 unspecified atom stereocenters. The molecule has 0 spiro atoms. The Morgan fingerprint density at radius 2 is 2.17 bits per heavy atom. The molecule has 0 saturated heterocycles. The predicted molar refractivity (Wildman–Crippen MR) is 48.7 cm³/mol. The predicted octanol–water partition coefficient (Wildman–Crippen LogP) is 0.696. The van der Waals surface area contributed by atoms with Crippen LogP contribution >= 0.6 is 0 Å². The van der Waals surface area contributed by atoms with Crippen molar-refractivity contribution in [2.24, 2.45) is 5.92 Å². The van der Waals surface area contributed by atoms with Crippen molar-refractivity contribution in [2.45, 2.75) is 26.8 Å². The summed E-state index contributed by atoms with van der Waals surface area (Å²) in [5.41, 5.74) is 0. The first kappa shape index (κ1) is 11.2. The van der Waals surface area contributed by atoms with E-state index in [1.54, 1.807) is 13.0 Å². The van der Waals surface area contributed by atoms with Crippen LogP contribution in [-0.4, -0.2) is 23.7 Å². The van der Waals surface area contributed by atoms with E-state index in [9.17, 15) is 4.79 Å². The van der Waals surface area contributed by atoms with Crippen LogP contribution in [0.5, 0.6) is 0 Å². The summed E-state index contributed by atoms with van der Waals surface area (Å²) in [4.78, 5) is 11.0. The summed E-state index contributed by atoms with van der Waals surface area (Å²) < 4.78 is 0. The second-order valence-corrected chi connectivity index (χ2v) is 2.96. The molecule has 0 aliphatic heterocycles. The molecule has 0 aromatic rings. The molecule has 70 valence electrons. The van der Waals surface area contributed by atoms with Crippen molar-refractivity contribution in [3.63, 3.8) is 0 Å². The lowest BCUT2D eigenvalue weighted by Crippen LogP contribution is -2.37. The number of allylic oxidation sites excluding steroid dienone is 1. The van der Waals surface area contributed by atoms with Crippen molar-refractivity contribution < 1.29 is 9.90 Å². The van der Waals surface area contributed by atoms with Crippen molar-refractivity contribution in [3.8, 4) is 0 Å². The SMILES string of the molecule is C/C=C/C(=O)NC(C)C(C)CO. The van der Waals surface area contributed by atoms with E-state index in [0.717, 1.165) is 0 Å². The van der Waals surface area contributed by atoms with Gasteiger partial charge >= 0.3 is 0 Å². The standard InChI is InChI=1S/C9H17NO2/c1-4-5-9(12)10-8(3)7(2)6-11/h4-5,7-8,11H,6H2,1-3H3,(H,10,12)/b5-4+. The smallest absolute Gasteiger partial charge is 0.243 e. The maximum atomic E-state index is 11.0. The molecule has 12 heavy (non-hydrogen) atoms. The Kier molecular flexibility index (Phi) is 5.37. The number of carbonyl (C=O) groups is 1. The first-order valence-corrected chi connectivity index (χ1v) is 4.15. The molecule has 0 aliphatic rings. The summed E-state index contributed by atoms with van der Waals surface area (Å²) in [5.74, 6) is -0.00972. The van der Waals surface area contributed by atoms with Crippen LogP contribution in [-0.2, 0) is 4.79 Å². The zero-order chi connectivity index (χ0) is 9.56. The molecule has 3 nitrogen and oxygen atoms in total. The fourth-order valence-corrected chi connectivity index (χ4v) is 0.724. The van der Waals surface area contributed by atoms with Crippen molar-refractivity contribution in [1.82, 2.24) is 5.32 Å². The molecule has 0 bridgehead atoms. The fraction of sp³-hybridized carbons (Fsp3) is 0.667. The third-order valence-corrected chi connectivity index (χ3v) is 1.83. The third-order valence-electron chi connectivity index (χ3n) is 1.83. The van der Waals surface area contributed by atoms with E-state index in [4.69, 9.17) is 5.11 Å². The Balaban J connectivity index is 3.83. The van der Waals surface area contributed by atoms with Gasteiger partial charge in [-0.1, -0.05) is 13.0 Å². The molecule has 0 heterocycles. The summed E-state index contributed by atoms with van der Waals surface area (Å²) >= 11 is 0. The Hall–Kier alpha value is -0.830. The highest BCUT2D eigenvalue weighted by Gasteiger charge is 2.11. The van der Waals surface area contributed by atoms with Crippen LogP contribution in [0.1, 0.15) is 20.8 Å². The number of aliphatic hydroxyl groups excluding tert-OH is 1. The second kappa shape index (κ2) is 5.77. The fourth-order valence-electron chi connectivity index (χ4n) is 0.724. The normalized spacial score (nSPS) is 16.0. The highest BCUT2D eigenvalue weighted by molar-refractivity contribution is 5.87. The lowest BCUT2D eigenvalue weighted by molar-refractivity contribution is -0.117. The largest absolute Gasteiger partial charge is 0.396 e. The quantitative estimate of drug-likeness (QED) is 0.612. The van der Waals surface area contributed by atoms with Crippen LogP contribution in [0, 0.1) is 5.92 Å². The lowest BCUT2D eigenvalue weighted by atomic mass is 10.1. The number of amides is 1. The van der Waals surface area contributed by atoms with Crippen LogP contribution in [0.25, 0.3) is 0 Å². The maximum absolute atomic E-state index is 11.0. The topological polar surface area (TPSA) is 49.3 Å². The Labute approximate surface area is 73.5 Å². The average molecular weight is 171 g/mol. The van der Waals surface area contributed by atoms with Crippen LogP contribution in [0.4, 0.5) is 0 Å². The van der Waals surface area contributed by atoms with Crippen LogP contribution in [0.3, 0.4) is 0 Å². The van der Waals surface area contributed by atoms with Gasteiger partial charge in [-0.25, -0.2) is 0 Å². The van der Waals surface area contributed by atoms with E-state index in [0.29, 0.717) is 0 Å². The van der Waals surface area contributed by atoms with E-state index in [-0.39, 0.29) is 24.5 Å². The van der Waals surface area contributed by atoms with Crippen LogP contribution < -0.4 is 5.32 Å². The molecule has 0 aromatic heterocycles. The summed E-state index contributed by atoms with van der Waals surface area (Å²) in [7, 11) is 0. The second-order valence-electron chi connectivity index (χ2n) is 2.96. The van der Waals surface area contributed by atoms with Gasteiger partial charge in [0.05, 0.1) is 0 Å². The summed E-state index contributed by atoms with van der Waals surface area (Å²) in [6.45, 7) is 5.65. The van der Waals surface area contributed by atoms with Crippen LogP contribution in [0.15, 0.2) is 12.2 Å². The first-order valence-electron chi connectivity index (χ1n) is 4.15. The van der Waals surface area contributed by atoms with Gasteiger partial charge in [0.2, 0.25) is 5.91 Å². The highest BCUT2D eigenvalue weighted by Crippen LogP contribution is 1.99. The molecule has 0 rings (SSSR count). The van der Waals surface area contributed by atoms with Gasteiger partial charge in [0.25, 0.3) is 0 Å². The molecule has 0 saturated carbocycles. The number of hydrogen-bond acceptors (Lipinski definition) is 2. The molecular formula is C9H17NO2. The van der Waals surface area contributed by atoms with E-state index < -0.39 is 0 Å². The molecule has 0 aliphatic carbocycles. The zero-order valence-electron chi connectivity index (χ0n) is 7.87. The number of carbonyl (C=O) groups excluding carboxylic acids is 1. The van der Waals surface area contributed by atoms with Gasteiger partial charge in [-0.05, 0) is 25.8 Å². The van der Waals surface area contributed by atoms with Gasteiger partial charge < -0.3 is 10.4 Å². The molecule has 2 N–H and O–H groups in total. The van der Waals surface area contributed by atoms with Gasteiger partial charge in [0.1, 0.15) is 0 Å². The molecule has 0 aromatic carbocycles. The van der Waals surface area contributed by atoms with Crippen LogP contribution in [0.2, 0.25) is 0 Å². The molecule has 3 heteroatoms. The summed E-state index contributed by atoms with van der Waals surface area (Å²) in [5, 5.41) is 11.5. The van der Waals surface area contributed by atoms with E-state index >= 15 is 0 Å². The Morgan fingerprint density at radius 3 is 2.58 bits per heavy atom. The summed E-state index contributed by atoms with van der Waals surface area (Å²) in [6.07, 6.45) is 3.16. The number of rotatable bonds is 4. The zero-order valence-corrected chi connectivity index (χ0v) is 7.87. The lowest BCUT2D eigenvalue weighted by Gasteiger charge is -2.17. The van der Waals surface area contributed by atoms with Gasteiger partial charge in [-0.3, -0.25) is 4.79 Å². The van der Waals surface area contributed by atoms with Gasteiger partial charge in [0.15, 0.2) is 0 Å². The molecule has 0 fully saturated rings.